The predicted molar refractivity (Wildman–Crippen MR) is 105 cm³/mol. The number of fused-ring (bicyclic) bond motifs is 1. The highest BCUT2D eigenvalue weighted by atomic mass is 16.5. The van der Waals surface area contributed by atoms with Crippen LogP contribution in [-0.4, -0.2) is 25.6 Å². The van der Waals surface area contributed by atoms with Gasteiger partial charge in [0.05, 0.1) is 13.2 Å². The first-order chi connectivity index (χ1) is 13.5. The van der Waals surface area contributed by atoms with Gasteiger partial charge in [-0.15, -0.1) is 0 Å². The molecule has 0 aliphatic rings. The van der Waals surface area contributed by atoms with Crippen LogP contribution in [0, 0.1) is 0 Å². The number of carbonyl (C=O) groups excluding carboxylic acids is 2. The predicted octanol–water partition coefficient (Wildman–Crippen LogP) is 3.79. The number of aryl methyl sites for hydroxylation is 1. The number of carbonyl (C=O) groups is 2. The van der Waals surface area contributed by atoms with Crippen LogP contribution in [0.4, 0.5) is 0 Å². The van der Waals surface area contributed by atoms with Gasteiger partial charge in [-0.05, 0) is 43.2 Å². The van der Waals surface area contributed by atoms with Gasteiger partial charge in [0.1, 0.15) is 17.1 Å². The van der Waals surface area contributed by atoms with E-state index in [1.807, 2.05) is 61.5 Å². The van der Waals surface area contributed by atoms with Crippen molar-refractivity contribution < 1.29 is 23.5 Å². The fourth-order valence-corrected chi connectivity index (χ4v) is 2.83. The lowest BCUT2D eigenvalue weighted by atomic mass is 10.1. The first-order valence-corrected chi connectivity index (χ1v) is 9.11. The average molecular weight is 381 g/mol. The van der Waals surface area contributed by atoms with Crippen molar-refractivity contribution in [2.45, 2.75) is 25.8 Å². The first-order valence-electron chi connectivity index (χ1n) is 9.11. The first kappa shape index (κ1) is 19.5. The number of esters is 1. The summed E-state index contributed by atoms with van der Waals surface area (Å²) in [6.45, 7) is 1.51. The summed E-state index contributed by atoms with van der Waals surface area (Å²) in [5.41, 5.74) is 1.77. The van der Waals surface area contributed by atoms with Crippen molar-refractivity contribution in [2.24, 2.45) is 0 Å². The van der Waals surface area contributed by atoms with E-state index in [2.05, 4.69) is 5.32 Å². The number of hydrogen-bond donors (Lipinski definition) is 1. The molecule has 3 aromatic rings. The Balaban J connectivity index is 1.42. The number of nitrogens with one attached hydrogen (secondary N) is 1. The number of ether oxygens (including phenoxy) is 2. The highest BCUT2D eigenvalue weighted by Crippen LogP contribution is 2.23. The Morgan fingerprint density at radius 2 is 1.86 bits per heavy atom. The van der Waals surface area contributed by atoms with Gasteiger partial charge >= 0.3 is 5.97 Å². The molecule has 28 heavy (non-hydrogen) atoms. The van der Waals surface area contributed by atoms with Crippen LogP contribution in [0.5, 0.6) is 5.75 Å². The minimum atomic E-state index is -0.414. The molecule has 3 rings (SSSR count). The van der Waals surface area contributed by atoms with Crippen molar-refractivity contribution in [3.05, 3.63) is 65.9 Å². The SMILES string of the molecule is COc1ccc(CCC(=O)OCC(=O)N[C@H](C)c2cc3ccccc3o2)cc1. The van der Waals surface area contributed by atoms with Gasteiger partial charge < -0.3 is 19.2 Å². The second-order valence-electron chi connectivity index (χ2n) is 6.48. The van der Waals surface area contributed by atoms with Crippen molar-refractivity contribution in [3.63, 3.8) is 0 Å². The van der Waals surface area contributed by atoms with Crippen molar-refractivity contribution >= 4 is 22.8 Å². The number of para-hydroxylation sites is 1. The summed E-state index contributed by atoms with van der Waals surface area (Å²) in [7, 11) is 1.60. The van der Waals surface area contributed by atoms with Crippen molar-refractivity contribution in [1.29, 1.82) is 0 Å². The number of hydrogen-bond acceptors (Lipinski definition) is 5. The van der Waals surface area contributed by atoms with Crippen LogP contribution < -0.4 is 10.1 Å². The van der Waals surface area contributed by atoms with E-state index >= 15 is 0 Å². The Morgan fingerprint density at radius 3 is 2.57 bits per heavy atom. The van der Waals surface area contributed by atoms with Gasteiger partial charge in [0.15, 0.2) is 6.61 Å². The molecule has 1 heterocycles. The number of methoxy groups -OCH3 is 1. The van der Waals surface area contributed by atoms with E-state index in [0.717, 1.165) is 22.3 Å². The lowest BCUT2D eigenvalue weighted by Crippen LogP contribution is -2.31. The van der Waals surface area contributed by atoms with Gasteiger partial charge in [-0.3, -0.25) is 9.59 Å². The molecule has 0 aliphatic carbocycles. The summed E-state index contributed by atoms with van der Waals surface area (Å²) in [6.07, 6.45) is 0.749. The van der Waals surface area contributed by atoms with Gasteiger partial charge in [-0.2, -0.15) is 0 Å². The molecule has 0 saturated heterocycles. The second kappa shape index (κ2) is 9.08. The maximum atomic E-state index is 12.0. The number of amides is 1. The normalized spacial score (nSPS) is 11.8. The molecule has 0 aliphatic heterocycles. The van der Waals surface area contributed by atoms with Crippen LogP contribution in [0.2, 0.25) is 0 Å². The van der Waals surface area contributed by atoms with E-state index in [4.69, 9.17) is 13.9 Å². The summed E-state index contributed by atoms with van der Waals surface area (Å²) < 4.78 is 15.9. The van der Waals surface area contributed by atoms with E-state index in [1.165, 1.54) is 0 Å². The summed E-state index contributed by atoms with van der Waals surface area (Å²) in [5.74, 6) is 0.634. The second-order valence-corrected chi connectivity index (χ2v) is 6.48. The van der Waals surface area contributed by atoms with Gasteiger partial charge in [-0.1, -0.05) is 30.3 Å². The Morgan fingerprint density at radius 1 is 1.11 bits per heavy atom. The smallest absolute Gasteiger partial charge is 0.306 e. The molecule has 0 fully saturated rings. The van der Waals surface area contributed by atoms with Crippen LogP contribution >= 0.6 is 0 Å². The van der Waals surface area contributed by atoms with Gasteiger partial charge in [0.2, 0.25) is 0 Å². The van der Waals surface area contributed by atoms with E-state index in [0.29, 0.717) is 12.2 Å². The molecule has 146 valence electrons. The van der Waals surface area contributed by atoms with Crippen LogP contribution in [0.1, 0.15) is 30.7 Å². The Kier molecular flexibility index (Phi) is 6.32. The zero-order valence-corrected chi connectivity index (χ0v) is 15.9. The van der Waals surface area contributed by atoms with E-state index in [9.17, 15) is 9.59 Å². The quantitative estimate of drug-likeness (QED) is 0.601. The van der Waals surface area contributed by atoms with Crippen LogP contribution in [0.25, 0.3) is 11.0 Å². The number of benzene rings is 2. The minimum Gasteiger partial charge on any atom is -0.497 e. The molecule has 1 aromatic heterocycles. The zero-order chi connectivity index (χ0) is 19.9. The van der Waals surface area contributed by atoms with Gasteiger partial charge in [-0.25, -0.2) is 0 Å². The fraction of sp³-hybridized carbons (Fsp3) is 0.273. The maximum absolute atomic E-state index is 12.0. The Labute approximate surface area is 163 Å². The minimum absolute atomic E-state index is 0.207. The number of rotatable bonds is 8. The standard InChI is InChI=1S/C22H23NO5/c1-15(20-13-17-5-3-4-6-19(17)28-20)23-21(24)14-27-22(25)12-9-16-7-10-18(26-2)11-8-16/h3-8,10-11,13,15H,9,12,14H2,1-2H3,(H,23,24)/t15-/m1/s1. The molecule has 2 aromatic carbocycles. The molecule has 0 bridgehead atoms. The summed E-state index contributed by atoms with van der Waals surface area (Å²) in [5, 5.41) is 3.75. The van der Waals surface area contributed by atoms with E-state index in [1.54, 1.807) is 7.11 Å². The van der Waals surface area contributed by atoms with Crippen LogP contribution in [0.15, 0.2) is 59.0 Å². The molecule has 0 radical (unpaired) electrons. The van der Waals surface area contributed by atoms with Crippen LogP contribution in [0.3, 0.4) is 0 Å². The molecule has 0 unspecified atom stereocenters. The summed E-state index contributed by atoms with van der Waals surface area (Å²) >= 11 is 0. The summed E-state index contributed by atoms with van der Waals surface area (Å²) in [6, 6.07) is 16.7. The fourth-order valence-electron chi connectivity index (χ4n) is 2.83. The highest BCUT2D eigenvalue weighted by Gasteiger charge is 2.15. The largest absolute Gasteiger partial charge is 0.497 e. The molecule has 6 heteroatoms. The van der Waals surface area contributed by atoms with Crippen LogP contribution in [-0.2, 0) is 20.7 Å². The molecule has 0 spiro atoms. The lowest BCUT2D eigenvalue weighted by Gasteiger charge is -2.11. The molecular weight excluding hydrogens is 358 g/mol. The van der Waals surface area contributed by atoms with Gasteiger partial charge in [0, 0.05) is 11.8 Å². The molecule has 1 atom stereocenters. The van der Waals surface area contributed by atoms with Crippen molar-refractivity contribution in [3.8, 4) is 5.75 Å². The van der Waals surface area contributed by atoms with Crippen molar-refractivity contribution in [2.75, 3.05) is 13.7 Å². The zero-order valence-electron chi connectivity index (χ0n) is 15.9. The summed E-state index contributed by atoms with van der Waals surface area (Å²) in [4.78, 5) is 23.9. The molecule has 1 amide bonds. The number of furan rings is 1. The Hall–Kier alpha value is -3.28. The monoisotopic (exact) mass is 381 g/mol. The van der Waals surface area contributed by atoms with Crippen molar-refractivity contribution in [1.82, 2.24) is 5.32 Å². The maximum Gasteiger partial charge on any atom is 0.306 e. The molecule has 1 N–H and O–H groups in total. The Bertz CT molecular complexity index is 912. The average Bonchev–Trinajstić information content (AvgIpc) is 3.15. The molecule has 6 nitrogen and oxygen atoms in total. The third kappa shape index (κ3) is 5.13. The molecular formula is C22H23NO5. The topological polar surface area (TPSA) is 77.8 Å². The lowest BCUT2D eigenvalue weighted by molar-refractivity contribution is -0.148. The molecule has 0 saturated carbocycles. The van der Waals surface area contributed by atoms with E-state index < -0.39 is 5.97 Å². The highest BCUT2D eigenvalue weighted by molar-refractivity contribution is 5.81. The third-order valence-corrected chi connectivity index (χ3v) is 4.39. The van der Waals surface area contributed by atoms with Gasteiger partial charge in [0.25, 0.3) is 5.91 Å². The van der Waals surface area contributed by atoms with E-state index in [-0.39, 0.29) is 25.0 Å². The third-order valence-electron chi connectivity index (χ3n) is 4.39.